The van der Waals surface area contributed by atoms with Gasteiger partial charge in [0, 0.05) is 6.54 Å². The minimum absolute atomic E-state index is 0.0578. The fraction of sp³-hybridized carbons (Fsp3) is 0.700. The Bertz CT molecular complexity index is 794. The van der Waals surface area contributed by atoms with Gasteiger partial charge in [-0.25, -0.2) is 8.42 Å². The van der Waals surface area contributed by atoms with Crippen molar-refractivity contribution in [2.45, 2.75) is 87.7 Å². The molecule has 152 valence electrons. The van der Waals surface area contributed by atoms with Gasteiger partial charge in [-0.2, -0.15) is 4.31 Å². The second-order valence-corrected chi connectivity index (χ2v) is 16.4. The zero-order valence-corrected chi connectivity index (χ0v) is 19.1. The first kappa shape index (κ1) is 21.0. The van der Waals surface area contributed by atoms with Crippen molar-refractivity contribution < 1.29 is 18.0 Å². The summed E-state index contributed by atoms with van der Waals surface area (Å²) in [6, 6.07) is 6.53. The van der Waals surface area contributed by atoms with Gasteiger partial charge in [0.05, 0.1) is 22.6 Å². The number of sulfonamides is 1. The third-order valence-corrected chi connectivity index (χ3v) is 12.9. The largest absolute Gasteiger partial charge is 0.413 e. The highest BCUT2D eigenvalue weighted by Gasteiger charge is 2.57. The second-order valence-electron chi connectivity index (χ2n) is 9.74. The highest BCUT2D eigenvalue weighted by molar-refractivity contribution is 7.89. The van der Waals surface area contributed by atoms with Crippen molar-refractivity contribution in [3.63, 3.8) is 0 Å². The van der Waals surface area contributed by atoms with E-state index in [1.165, 1.54) is 4.31 Å². The van der Waals surface area contributed by atoms with Gasteiger partial charge in [0.15, 0.2) is 8.32 Å². The van der Waals surface area contributed by atoms with E-state index in [4.69, 9.17) is 4.43 Å². The van der Waals surface area contributed by atoms with E-state index in [0.717, 1.165) is 5.56 Å². The minimum Gasteiger partial charge on any atom is -0.413 e. The van der Waals surface area contributed by atoms with Crippen LogP contribution in [-0.2, 0) is 14.4 Å². The van der Waals surface area contributed by atoms with Gasteiger partial charge in [-0.1, -0.05) is 38.5 Å². The molecule has 0 aromatic heterocycles. The number of nitrogens with zero attached hydrogens (tertiary/aromatic N) is 1. The summed E-state index contributed by atoms with van der Waals surface area (Å²) in [6.45, 7) is 13.2. The van der Waals surface area contributed by atoms with Crippen LogP contribution in [0.15, 0.2) is 29.2 Å². The van der Waals surface area contributed by atoms with Crippen molar-refractivity contribution in [1.82, 2.24) is 4.31 Å². The van der Waals surface area contributed by atoms with E-state index in [1.54, 1.807) is 12.1 Å². The van der Waals surface area contributed by atoms with Crippen molar-refractivity contribution >= 4 is 18.3 Å². The van der Waals surface area contributed by atoms with Crippen LogP contribution in [0, 0.1) is 6.92 Å². The molecule has 0 radical (unpaired) electrons. The van der Waals surface area contributed by atoms with Gasteiger partial charge >= 0.3 is 0 Å². The van der Waals surface area contributed by atoms with Crippen molar-refractivity contribution in [1.29, 1.82) is 0 Å². The lowest BCUT2D eigenvalue weighted by Gasteiger charge is -2.38. The van der Waals surface area contributed by atoms with E-state index in [-0.39, 0.29) is 16.0 Å². The molecule has 1 aromatic rings. The first-order valence-electron chi connectivity index (χ1n) is 9.75. The van der Waals surface area contributed by atoms with Crippen LogP contribution in [-0.4, -0.2) is 50.4 Å². The fourth-order valence-corrected chi connectivity index (χ4v) is 6.60. The SMILES string of the molecule is Cc1ccc(S(=O)(=O)N2C[C@H](O[Si](C)(C)C(C)(C)C)C[C@H]2C2(O)CC2)cc1. The average molecular weight is 412 g/mol. The smallest absolute Gasteiger partial charge is 0.243 e. The molecule has 5 nitrogen and oxygen atoms in total. The predicted molar refractivity (Wildman–Crippen MR) is 110 cm³/mol. The first-order chi connectivity index (χ1) is 12.3. The van der Waals surface area contributed by atoms with Gasteiger partial charge in [-0.05, 0) is 56.5 Å². The Morgan fingerprint density at radius 1 is 1.19 bits per heavy atom. The van der Waals surface area contributed by atoms with Crippen LogP contribution in [0.2, 0.25) is 18.1 Å². The molecule has 2 fully saturated rings. The standard InChI is InChI=1S/C20H33NO4SSi/c1-15-7-9-17(10-8-15)26(23,24)21-14-16(13-18(21)20(22)11-12-20)25-27(5,6)19(2,3)4/h7-10,16,18,22H,11-14H2,1-6H3/t16-,18+/m1/s1. The molecule has 1 N–H and O–H groups in total. The normalized spacial score (nSPS) is 26.3. The molecule has 1 aliphatic carbocycles. The van der Waals surface area contributed by atoms with Gasteiger partial charge in [-0.3, -0.25) is 0 Å². The summed E-state index contributed by atoms with van der Waals surface area (Å²) >= 11 is 0. The van der Waals surface area contributed by atoms with Crippen LogP contribution in [0.3, 0.4) is 0 Å². The Hall–Kier alpha value is -0.733. The van der Waals surface area contributed by atoms with E-state index in [9.17, 15) is 13.5 Å². The van der Waals surface area contributed by atoms with E-state index < -0.39 is 30.0 Å². The zero-order valence-electron chi connectivity index (χ0n) is 17.3. The summed E-state index contributed by atoms with van der Waals surface area (Å²) in [7, 11) is -5.68. The molecule has 27 heavy (non-hydrogen) atoms. The van der Waals surface area contributed by atoms with Crippen molar-refractivity contribution in [3.8, 4) is 0 Å². The topological polar surface area (TPSA) is 66.8 Å². The lowest BCUT2D eigenvalue weighted by atomic mass is 10.1. The van der Waals surface area contributed by atoms with E-state index in [1.807, 2.05) is 19.1 Å². The van der Waals surface area contributed by atoms with Crippen LogP contribution in [0.4, 0.5) is 0 Å². The van der Waals surface area contributed by atoms with Crippen molar-refractivity contribution in [2.24, 2.45) is 0 Å². The summed E-state index contributed by atoms with van der Waals surface area (Å²) in [5.41, 5.74) is 0.121. The fourth-order valence-electron chi connectivity index (χ4n) is 3.51. The third kappa shape index (κ3) is 4.03. The average Bonchev–Trinajstić information content (AvgIpc) is 3.13. The van der Waals surface area contributed by atoms with Gasteiger partial charge in [0.1, 0.15) is 0 Å². The molecule has 7 heteroatoms. The third-order valence-electron chi connectivity index (χ3n) is 6.49. The Kier molecular flexibility index (Phi) is 5.18. The molecule has 0 spiro atoms. The molecule has 1 heterocycles. The minimum atomic E-state index is -3.66. The number of hydrogen-bond donors (Lipinski definition) is 1. The highest BCUT2D eigenvalue weighted by atomic mass is 32.2. The predicted octanol–water partition coefficient (Wildman–Crippen LogP) is 3.67. The molecule has 2 aliphatic rings. The van der Waals surface area contributed by atoms with E-state index in [2.05, 4.69) is 33.9 Å². The molecular formula is C20H33NO4SSi. The van der Waals surface area contributed by atoms with Gasteiger partial charge < -0.3 is 9.53 Å². The maximum atomic E-state index is 13.3. The Morgan fingerprint density at radius 3 is 2.22 bits per heavy atom. The van der Waals surface area contributed by atoms with Crippen LogP contribution in [0.1, 0.15) is 45.6 Å². The molecule has 3 rings (SSSR count). The number of rotatable bonds is 5. The molecule has 0 bridgehead atoms. The lowest BCUT2D eigenvalue weighted by molar-refractivity contribution is 0.0804. The Morgan fingerprint density at radius 2 is 1.74 bits per heavy atom. The molecule has 2 atom stereocenters. The van der Waals surface area contributed by atoms with Crippen molar-refractivity contribution in [2.75, 3.05) is 6.54 Å². The highest BCUT2D eigenvalue weighted by Crippen LogP contribution is 2.48. The lowest BCUT2D eigenvalue weighted by Crippen LogP contribution is -2.45. The molecule has 0 unspecified atom stereocenters. The Balaban J connectivity index is 1.88. The first-order valence-corrected chi connectivity index (χ1v) is 14.1. The van der Waals surface area contributed by atoms with Gasteiger partial charge in [0.25, 0.3) is 0 Å². The summed E-state index contributed by atoms with van der Waals surface area (Å²) in [6.07, 6.45) is 1.71. The molecule has 0 amide bonds. The Labute approximate surface area is 164 Å². The van der Waals surface area contributed by atoms with Crippen LogP contribution < -0.4 is 0 Å². The summed E-state index contributed by atoms with van der Waals surface area (Å²) in [5, 5.41) is 10.8. The molecule has 1 saturated heterocycles. The van der Waals surface area contributed by atoms with Crippen LogP contribution in [0.25, 0.3) is 0 Å². The van der Waals surface area contributed by atoms with Crippen LogP contribution >= 0.6 is 0 Å². The van der Waals surface area contributed by atoms with Gasteiger partial charge in [-0.15, -0.1) is 0 Å². The van der Waals surface area contributed by atoms with E-state index >= 15 is 0 Å². The number of aliphatic hydroxyl groups is 1. The molecular weight excluding hydrogens is 378 g/mol. The van der Waals surface area contributed by atoms with Gasteiger partial charge in [0.2, 0.25) is 10.0 Å². The number of benzene rings is 1. The molecule has 1 aliphatic heterocycles. The monoisotopic (exact) mass is 411 g/mol. The number of aryl methyl sites for hydroxylation is 1. The molecule has 1 aromatic carbocycles. The molecule has 1 saturated carbocycles. The summed E-state index contributed by atoms with van der Waals surface area (Å²) in [4.78, 5) is 0.287. The van der Waals surface area contributed by atoms with Crippen LogP contribution in [0.5, 0.6) is 0 Å². The quantitative estimate of drug-likeness (QED) is 0.751. The summed E-state index contributed by atoms with van der Waals surface area (Å²) < 4.78 is 34.6. The number of hydrogen-bond acceptors (Lipinski definition) is 4. The maximum absolute atomic E-state index is 13.3. The summed E-state index contributed by atoms with van der Waals surface area (Å²) in [5.74, 6) is 0. The van der Waals surface area contributed by atoms with Crippen molar-refractivity contribution in [3.05, 3.63) is 29.8 Å². The zero-order chi connectivity index (χ0) is 20.3. The second kappa shape index (κ2) is 6.66. The van der Waals surface area contributed by atoms with E-state index in [0.29, 0.717) is 25.8 Å². The maximum Gasteiger partial charge on any atom is 0.243 e.